The van der Waals surface area contributed by atoms with Crippen molar-refractivity contribution < 1.29 is 9.18 Å². The van der Waals surface area contributed by atoms with Crippen LogP contribution in [0, 0.1) is 19.7 Å². The molecule has 3 nitrogen and oxygen atoms in total. The van der Waals surface area contributed by atoms with Crippen LogP contribution in [0.4, 0.5) is 10.1 Å². The Balaban J connectivity index is 1.91. The molecule has 0 bridgehead atoms. The number of amides is 1. The van der Waals surface area contributed by atoms with Crippen LogP contribution in [-0.2, 0) is 11.2 Å². The van der Waals surface area contributed by atoms with Crippen LogP contribution >= 0.6 is 0 Å². The molecule has 2 aromatic carbocycles. The highest BCUT2D eigenvalue weighted by Gasteiger charge is 2.23. The number of halogens is 1. The van der Waals surface area contributed by atoms with Gasteiger partial charge >= 0.3 is 0 Å². The molecule has 0 radical (unpaired) electrons. The minimum atomic E-state index is -0.454. The number of anilines is 1. The molecule has 4 heteroatoms. The van der Waals surface area contributed by atoms with Gasteiger partial charge in [0.25, 0.3) is 0 Å². The smallest absolute Gasteiger partial charge is 0.232 e. The van der Waals surface area contributed by atoms with Crippen LogP contribution < -0.4 is 5.32 Å². The average Bonchev–Trinajstić information content (AvgIpc) is 2.64. The average molecular weight is 348 g/mol. The van der Waals surface area contributed by atoms with Gasteiger partial charge in [0.1, 0.15) is 5.82 Å². The van der Waals surface area contributed by atoms with E-state index in [1.54, 1.807) is 18.3 Å². The van der Waals surface area contributed by atoms with Crippen molar-refractivity contribution in [2.75, 3.05) is 5.32 Å². The normalized spacial score (nSPS) is 11.8. The van der Waals surface area contributed by atoms with Gasteiger partial charge in [-0.3, -0.25) is 9.78 Å². The van der Waals surface area contributed by atoms with Gasteiger partial charge in [-0.25, -0.2) is 4.39 Å². The standard InChI is InChI=1S/C22H21FN2O/c1-15-6-5-7-16(2)21(15)25-22(26)20(14-19-8-3-4-13-24-19)17-9-11-18(23)12-10-17/h3-13,20H,14H2,1-2H3,(H,25,26). The lowest BCUT2D eigenvalue weighted by atomic mass is 9.92. The Hall–Kier alpha value is -3.01. The van der Waals surface area contributed by atoms with Gasteiger partial charge in [0.05, 0.1) is 5.92 Å². The van der Waals surface area contributed by atoms with E-state index in [2.05, 4.69) is 10.3 Å². The minimum Gasteiger partial charge on any atom is -0.325 e. The van der Waals surface area contributed by atoms with E-state index in [9.17, 15) is 9.18 Å². The summed E-state index contributed by atoms with van der Waals surface area (Å²) in [7, 11) is 0. The zero-order valence-electron chi connectivity index (χ0n) is 14.9. The van der Waals surface area contributed by atoms with Crippen molar-refractivity contribution in [1.82, 2.24) is 4.98 Å². The maximum atomic E-state index is 13.3. The molecule has 0 saturated heterocycles. The van der Waals surface area contributed by atoms with Gasteiger partial charge in [-0.1, -0.05) is 36.4 Å². The summed E-state index contributed by atoms with van der Waals surface area (Å²) in [5.74, 6) is -0.898. The Labute approximate surface area is 152 Å². The zero-order chi connectivity index (χ0) is 18.5. The van der Waals surface area contributed by atoms with Crippen molar-refractivity contribution in [1.29, 1.82) is 0 Å². The molecular formula is C22H21FN2O. The summed E-state index contributed by atoms with van der Waals surface area (Å²) >= 11 is 0. The molecule has 1 unspecified atom stereocenters. The van der Waals surface area contributed by atoms with E-state index < -0.39 is 5.92 Å². The number of nitrogens with zero attached hydrogens (tertiary/aromatic N) is 1. The number of rotatable bonds is 5. The number of hydrogen-bond acceptors (Lipinski definition) is 2. The van der Waals surface area contributed by atoms with Crippen LogP contribution in [-0.4, -0.2) is 10.9 Å². The first-order valence-electron chi connectivity index (χ1n) is 8.57. The highest BCUT2D eigenvalue weighted by atomic mass is 19.1. The molecule has 3 aromatic rings. The number of aromatic nitrogens is 1. The summed E-state index contributed by atoms with van der Waals surface area (Å²) < 4.78 is 13.3. The molecule has 1 N–H and O–H groups in total. The monoisotopic (exact) mass is 348 g/mol. The molecule has 0 spiro atoms. The number of benzene rings is 2. The van der Waals surface area contributed by atoms with Crippen molar-refractivity contribution in [3.8, 4) is 0 Å². The predicted molar refractivity (Wildman–Crippen MR) is 102 cm³/mol. The van der Waals surface area contributed by atoms with Gasteiger partial charge in [-0.05, 0) is 54.8 Å². The molecule has 1 amide bonds. The van der Waals surface area contributed by atoms with Crippen LogP contribution in [0.15, 0.2) is 66.9 Å². The number of hydrogen-bond donors (Lipinski definition) is 1. The zero-order valence-corrected chi connectivity index (χ0v) is 14.9. The second-order valence-corrected chi connectivity index (χ2v) is 6.39. The molecule has 0 fully saturated rings. The fraction of sp³-hybridized carbons (Fsp3) is 0.182. The van der Waals surface area contributed by atoms with Crippen LogP contribution in [0.5, 0.6) is 0 Å². The van der Waals surface area contributed by atoms with Crippen molar-refractivity contribution in [2.45, 2.75) is 26.2 Å². The summed E-state index contributed by atoms with van der Waals surface area (Å²) in [6, 6.07) is 17.6. The number of carbonyl (C=O) groups excluding carboxylic acids is 1. The lowest BCUT2D eigenvalue weighted by Gasteiger charge is -2.19. The summed E-state index contributed by atoms with van der Waals surface area (Å²) in [6.07, 6.45) is 2.16. The second-order valence-electron chi connectivity index (χ2n) is 6.39. The molecule has 0 aliphatic rings. The third-order valence-electron chi connectivity index (χ3n) is 4.46. The molecule has 3 rings (SSSR count). The minimum absolute atomic E-state index is 0.125. The first-order valence-corrected chi connectivity index (χ1v) is 8.57. The quantitative estimate of drug-likeness (QED) is 0.719. The Morgan fingerprint density at radius 3 is 2.31 bits per heavy atom. The Bertz CT molecular complexity index is 872. The molecule has 0 saturated carbocycles. The number of carbonyl (C=O) groups is 1. The summed E-state index contributed by atoms with van der Waals surface area (Å²) in [6.45, 7) is 3.93. The molecule has 0 aliphatic heterocycles. The summed E-state index contributed by atoms with van der Waals surface area (Å²) in [5, 5.41) is 3.05. The van der Waals surface area contributed by atoms with Gasteiger partial charge in [0.15, 0.2) is 0 Å². The van der Waals surface area contributed by atoms with Crippen LogP contribution in [0.3, 0.4) is 0 Å². The van der Waals surface area contributed by atoms with Crippen molar-refractivity contribution in [2.24, 2.45) is 0 Å². The van der Waals surface area contributed by atoms with Crippen LogP contribution in [0.2, 0.25) is 0 Å². The van der Waals surface area contributed by atoms with Gasteiger partial charge < -0.3 is 5.32 Å². The van der Waals surface area contributed by atoms with E-state index in [1.165, 1.54) is 12.1 Å². The van der Waals surface area contributed by atoms with Crippen molar-refractivity contribution in [3.05, 3.63) is 95.1 Å². The molecule has 1 atom stereocenters. The fourth-order valence-corrected chi connectivity index (χ4v) is 3.01. The molecule has 26 heavy (non-hydrogen) atoms. The summed E-state index contributed by atoms with van der Waals surface area (Å²) in [5.41, 5.74) is 4.42. The van der Waals surface area contributed by atoms with Gasteiger partial charge in [0.2, 0.25) is 5.91 Å². The molecule has 1 aromatic heterocycles. The lowest BCUT2D eigenvalue weighted by Crippen LogP contribution is -2.24. The van der Waals surface area contributed by atoms with Gasteiger partial charge in [-0.2, -0.15) is 0 Å². The SMILES string of the molecule is Cc1cccc(C)c1NC(=O)C(Cc1ccccn1)c1ccc(F)cc1. The summed E-state index contributed by atoms with van der Waals surface area (Å²) in [4.78, 5) is 17.4. The van der Waals surface area contributed by atoms with E-state index in [4.69, 9.17) is 0 Å². The predicted octanol–water partition coefficient (Wildman–Crippen LogP) is 4.80. The first-order chi connectivity index (χ1) is 12.5. The molecular weight excluding hydrogens is 327 g/mol. The highest BCUT2D eigenvalue weighted by Crippen LogP contribution is 2.25. The third-order valence-corrected chi connectivity index (χ3v) is 4.46. The Kier molecular flexibility index (Phi) is 5.42. The van der Waals surface area contributed by atoms with Gasteiger partial charge in [0, 0.05) is 24.0 Å². The van der Waals surface area contributed by atoms with Gasteiger partial charge in [-0.15, -0.1) is 0 Å². The number of pyridine rings is 1. The number of aryl methyl sites for hydroxylation is 2. The topological polar surface area (TPSA) is 42.0 Å². The third kappa shape index (κ3) is 4.14. The molecule has 132 valence electrons. The Morgan fingerprint density at radius 1 is 1.00 bits per heavy atom. The maximum absolute atomic E-state index is 13.3. The largest absolute Gasteiger partial charge is 0.325 e. The van der Waals surface area contributed by atoms with Crippen molar-refractivity contribution in [3.63, 3.8) is 0 Å². The second kappa shape index (κ2) is 7.91. The van der Waals surface area contributed by atoms with E-state index in [-0.39, 0.29) is 11.7 Å². The number of para-hydroxylation sites is 1. The lowest BCUT2D eigenvalue weighted by molar-refractivity contribution is -0.117. The molecule has 0 aliphatic carbocycles. The van der Waals surface area contributed by atoms with E-state index in [1.807, 2.05) is 50.2 Å². The van der Waals surface area contributed by atoms with E-state index in [0.29, 0.717) is 6.42 Å². The van der Waals surface area contributed by atoms with Crippen LogP contribution in [0.1, 0.15) is 28.3 Å². The fourth-order valence-electron chi connectivity index (χ4n) is 3.01. The highest BCUT2D eigenvalue weighted by molar-refractivity contribution is 5.97. The first kappa shape index (κ1) is 17.8. The number of nitrogens with one attached hydrogen (secondary N) is 1. The Morgan fingerprint density at radius 2 is 1.69 bits per heavy atom. The van der Waals surface area contributed by atoms with Crippen LogP contribution in [0.25, 0.3) is 0 Å². The van der Waals surface area contributed by atoms with E-state index >= 15 is 0 Å². The van der Waals surface area contributed by atoms with E-state index in [0.717, 1.165) is 28.1 Å². The van der Waals surface area contributed by atoms with Crippen molar-refractivity contribution >= 4 is 11.6 Å². The molecule has 1 heterocycles. The maximum Gasteiger partial charge on any atom is 0.232 e.